The number of hydrogen-bond acceptors (Lipinski definition) is 3. The van der Waals surface area contributed by atoms with Gasteiger partial charge >= 0.3 is 0 Å². The van der Waals surface area contributed by atoms with Gasteiger partial charge in [0.1, 0.15) is 5.82 Å². The second kappa shape index (κ2) is 12.2. The summed E-state index contributed by atoms with van der Waals surface area (Å²) < 4.78 is 18.9. The van der Waals surface area contributed by atoms with Crippen LogP contribution in [0.5, 0.6) is 0 Å². The zero-order valence-electron chi connectivity index (χ0n) is 27.4. The summed E-state index contributed by atoms with van der Waals surface area (Å²) in [5.74, 6) is -0.301. The predicted molar refractivity (Wildman–Crippen MR) is 201 cm³/mol. The van der Waals surface area contributed by atoms with Crippen LogP contribution in [0.3, 0.4) is 0 Å². The Morgan fingerprint density at radius 2 is 1.46 bits per heavy atom. The van der Waals surface area contributed by atoms with Crippen LogP contribution in [0.15, 0.2) is 155 Å². The number of hydrogen-bond donors (Lipinski definition) is 0. The van der Waals surface area contributed by atoms with E-state index in [0.717, 1.165) is 69.0 Å². The van der Waals surface area contributed by atoms with E-state index in [1.165, 1.54) is 34.6 Å². The molecule has 2 aliphatic rings. The Kier molecular flexibility index (Phi) is 7.40. The number of rotatable bonds is 5. The highest BCUT2D eigenvalue weighted by atomic mass is 32.1. The molecule has 3 heterocycles. The van der Waals surface area contributed by atoms with Crippen molar-refractivity contribution >= 4 is 23.1 Å². The molecule has 2 aromatic heterocycles. The van der Waals surface area contributed by atoms with E-state index in [9.17, 15) is 9.18 Å². The van der Waals surface area contributed by atoms with Crippen LogP contribution in [0.2, 0.25) is 0 Å². The highest BCUT2D eigenvalue weighted by molar-refractivity contribution is 7.07. The van der Waals surface area contributed by atoms with Gasteiger partial charge in [-0.1, -0.05) is 126 Å². The van der Waals surface area contributed by atoms with E-state index in [0.29, 0.717) is 9.33 Å². The minimum atomic E-state index is -0.372. The van der Waals surface area contributed by atoms with E-state index in [2.05, 4.69) is 96.4 Å². The number of thiazole rings is 1. The highest BCUT2D eigenvalue weighted by Gasteiger charge is 2.32. The maximum Gasteiger partial charge on any atom is 0.271 e. The van der Waals surface area contributed by atoms with E-state index < -0.39 is 0 Å². The van der Waals surface area contributed by atoms with Gasteiger partial charge in [0.2, 0.25) is 0 Å². The molecule has 0 saturated carbocycles. The first-order valence-electron chi connectivity index (χ1n) is 16.9. The summed E-state index contributed by atoms with van der Waals surface area (Å²) in [6.45, 7) is 2.09. The minimum absolute atomic E-state index is 0.100. The second-order valence-electron chi connectivity index (χ2n) is 12.9. The molecule has 242 valence electrons. The molecule has 7 aromatic rings. The van der Waals surface area contributed by atoms with Gasteiger partial charge in [0.25, 0.3) is 5.56 Å². The van der Waals surface area contributed by atoms with Gasteiger partial charge in [0.15, 0.2) is 4.80 Å². The Balaban J connectivity index is 1.32. The van der Waals surface area contributed by atoms with Gasteiger partial charge < -0.3 is 4.57 Å². The number of benzene rings is 5. The molecular formula is C44H32FN3OS. The lowest BCUT2D eigenvalue weighted by atomic mass is 9.83. The summed E-state index contributed by atoms with van der Waals surface area (Å²) in [5, 5.41) is 0. The van der Waals surface area contributed by atoms with Gasteiger partial charge in [-0.15, -0.1) is 0 Å². The first-order valence-corrected chi connectivity index (χ1v) is 17.7. The molecule has 0 saturated heterocycles. The van der Waals surface area contributed by atoms with Gasteiger partial charge in [-0.25, -0.2) is 9.38 Å². The Morgan fingerprint density at radius 1 is 0.780 bits per heavy atom. The van der Waals surface area contributed by atoms with Crippen LogP contribution in [-0.4, -0.2) is 9.13 Å². The fourth-order valence-electron chi connectivity index (χ4n) is 7.42. The van der Waals surface area contributed by atoms with E-state index >= 15 is 0 Å². The van der Waals surface area contributed by atoms with Crippen molar-refractivity contribution in [1.82, 2.24) is 9.13 Å². The van der Waals surface area contributed by atoms with Gasteiger partial charge in [-0.2, -0.15) is 0 Å². The van der Waals surface area contributed by atoms with Crippen LogP contribution in [0.1, 0.15) is 40.3 Å². The molecule has 1 atom stereocenters. The van der Waals surface area contributed by atoms with Crippen molar-refractivity contribution in [2.45, 2.75) is 25.8 Å². The Morgan fingerprint density at radius 3 is 2.20 bits per heavy atom. The molecule has 0 spiro atoms. The Labute approximate surface area is 293 Å². The minimum Gasteiger partial charge on any atom is -0.309 e. The van der Waals surface area contributed by atoms with E-state index in [-0.39, 0.29) is 17.4 Å². The molecule has 6 heteroatoms. The van der Waals surface area contributed by atoms with Crippen molar-refractivity contribution in [3.05, 3.63) is 198 Å². The zero-order chi connectivity index (χ0) is 33.8. The molecule has 1 aliphatic heterocycles. The van der Waals surface area contributed by atoms with Gasteiger partial charge in [0, 0.05) is 16.8 Å². The fraction of sp³-hybridized carbons (Fsp3) is 0.0909. The van der Waals surface area contributed by atoms with E-state index in [1.807, 2.05) is 41.0 Å². The third-order valence-electron chi connectivity index (χ3n) is 9.78. The monoisotopic (exact) mass is 669 g/mol. The molecule has 0 fully saturated rings. The van der Waals surface area contributed by atoms with Gasteiger partial charge in [-0.05, 0) is 84.0 Å². The molecule has 0 unspecified atom stereocenters. The third kappa shape index (κ3) is 5.11. The van der Waals surface area contributed by atoms with Crippen molar-refractivity contribution in [2.75, 3.05) is 0 Å². The number of aryl methyl sites for hydroxylation is 2. The largest absolute Gasteiger partial charge is 0.309 e. The highest BCUT2D eigenvalue weighted by Crippen LogP contribution is 2.41. The molecule has 0 N–H and O–H groups in total. The van der Waals surface area contributed by atoms with Crippen LogP contribution >= 0.6 is 11.3 Å². The molecule has 4 nitrogen and oxygen atoms in total. The summed E-state index contributed by atoms with van der Waals surface area (Å²) in [6, 6.07) is 46.1. The summed E-state index contributed by atoms with van der Waals surface area (Å²) in [5.41, 5.74) is 12.5. The molecule has 50 heavy (non-hydrogen) atoms. The van der Waals surface area contributed by atoms with Crippen LogP contribution in [0.4, 0.5) is 4.39 Å². The lowest BCUT2D eigenvalue weighted by Gasteiger charge is -2.30. The van der Waals surface area contributed by atoms with Gasteiger partial charge in [0.05, 0.1) is 27.7 Å². The van der Waals surface area contributed by atoms with Crippen molar-refractivity contribution < 1.29 is 4.39 Å². The SMILES string of the molecule is Cc1ccc(-n2c(-c3ccccc3)cc(/C=c3/sc4n(c3=O)[C@H](c3ccc(F)cc3)C3=C(N=4)c4ccccc4CC3)c2-c2ccccc2)cc1. The van der Waals surface area contributed by atoms with Crippen LogP contribution in [0.25, 0.3) is 40.0 Å². The maximum atomic E-state index is 14.7. The molecule has 0 amide bonds. The lowest BCUT2D eigenvalue weighted by molar-refractivity contribution is 0.581. The van der Waals surface area contributed by atoms with Crippen molar-refractivity contribution in [1.29, 1.82) is 0 Å². The summed E-state index contributed by atoms with van der Waals surface area (Å²) in [7, 11) is 0. The average Bonchev–Trinajstić information content (AvgIpc) is 3.69. The van der Waals surface area contributed by atoms with Crippen molar-refractivity contribution in [3.8, 4) is 28.2 Å². The number of aromatic nitrogens is 2. The van der Waals surface area contributed by atoms with Crippen LogP contribution in [0, 0.1) is 12.7 Å². The molecule has 0 bridgehead atoms. The predicted octanol–water partition coefficient (Wildman–Crippen LogP) is 8.89. The first kappa shape index (κ1) is 30.2. The molecule has 9 rings (SSSR count). The second-order valence-corrected chi connectivity index (χ2v) is 13.9. The van der Waals surface area contributed by atoms with Crippen LogP contribution in [-0.2, 0) is 6.42 Å². The lowest BCUT2D eigenvalue weighted by Crippen LogP contribution is -2.38. The molecule has 0 radical (unpaired) electrons. The first-order chi connectivity index (χ1) is 24.5. The summed E-state index contributed by atoms with van der Waals surface area (Å²) >= 11 is 1.41. The Hall–Kier alpha value is -5.85. The smallest absolute Gasteiger partial charge is 0.271 e. The number of halogens is 1. The topological polar surface area (TPSA) is 39.3 Å². The normalized spacial score (nSPS) is 15.3. The van der Waals surface area contributed by atoms with Crippen LogP contribution < -0.4 is 14.9 Å². The number of fused-ring (bicyclic) bond motifs is 3. The van der Waals surface area contributed by atoms with Crippen molar-refractivity contribution in [3.63, 3.8) is 0 Å². The number of nitrogens with zero attached hydrogens (tertiary/aromatic N) is 3. The molecule has 5 aromatic carbocycles. The molecular weight excluding hydrogens is 638 g/mol. The quantitative estimate of drug-likeness (QED) is 0.181. The third-order valence-corrected chi connectivity index (χ3v) is 10.8. The maximum absolute atomic E-state index is 14.7. The standard InChI is InChI=1S/C44H32FN3OS/c1-28-16-23-35(24-17-28)47-38(30-11-4-2-5-12-30)26-33(41(47)31-13-6-3-7-14-31)27-39-43(49)48-42(32-18-21-34(45)22-19-32)37-25-20-29-10-8-9-15-36(29)40(37)46-44(48)50-39/h2-19,21-24,26-27,42H,20,25H2,1H3/b39-27+/t42-/m1/s1. The zero-order valence-corrected chi connectivity index (χ0v) is 28.2. The molecule has 1 aliphatic carbocycles. The number of allylic oxidation sites excluding steroid dienone is 1. The van der Waals surface area contributed by atoms with E-state index in [1.54, 1.807) is 12.1 Å². The van der Waals surface area contributed by atoms with E-state index in [4.69, 9.17) is 4.99 Å². The Bertz CT molecular complexity index is 2610. The summed E-state index contributed by atoms with van der Waals surface area (Å²) in [4.78, 5) is 20.5. The van der Waals surface area contributed by atoms with Gasteiger partial charge in [-0.3, -0.25) is 9.36 Å². The average molecular weight is 670 g/mol. The van der Waals surface area contributed by atoms with Crippen molar-refractivity contribution in [2.24, 2.45) is 4.99 Å². The fourth-order valence-corrected chi connectivity index (χ4v) is 8.42. The summed E-state index contributed by atoms with van der Waals surface area (Å²) in [6.07, 6.45) is 3.67.